The summed E-state index contributed by atoms with van der Waals surface area (Å²) in [5.41, 5.74) is 0. The van der Waals surface area contributed by atoms with Gasteiger partial charge in [0.1, 0.15) is 0 Å². The predicted molar refractivity (Wildman–Crippen MR) is 352 cm³/mol. The average Bonchev–Trinajstić information content (AvgIpc) is 3.46. The van der Waals surface area contributed by atoms with Gasteiger partial charge in [0.05, 0.1) is 25.4 Å². The molecular formula is C74H139NO5. The monoisotopic (exact) mass is 1120 g/mol. The fourth-order valence-electron chi connectivity index (χ4n) is 11.1. The van der Waals surface area contributed by atoms with Gasteiger partial charge in [-0.1, -0.05) is 339 Å². The van der Waals surface area contributed by atoms with Crippen molar-refractivity contribution >= 4 is 11.9 Å². The topological polar surface area (TPSA) is 95.9 Å². The van der Waals surface area contributed by atoms with Gasteiger partial charge >= 0.3 is 5.97 Å². The number of hydrogen-bond donors (Lipinski definition) is 3. The van der Waals surface area contributed by atoms with E-state index in [1.165, 1.54) is 308 Å². The molecule has 0 aromatic carbocycles. The lowest BCUT2D eigenvalue weighted by Gasteiger charge is -2.20. The van der Waals surface area contributed by atoms with Crippen LogP contribution in [0.1, 0.15) is 386 Å². The molecule has 3 N–H and O–H groups in total. The SMILES string of the molecule is CCCC/C=C\CCCCCCCC(=O)OCCCCCCCCCCC/C=C\C/C=C\CCCCCCCCCCCCCC(=O)NC(CO)C(O)/C=C/CCCCCCCCCCCCCCCCCCCCCCCCC. The number of aliphatic hydroxyl groups excluding tert-OH is 2. The first-order chi connectivity index (χ1) is 39.5. The van der Waals surface area contributed by atoms with Gasteiger partial charge in [0.15, 0.2) is 0 Å². The van der Waals surface area contributed by atoms with E-state index in [0.29, 0.717) is 19.4 Å². The Balaban J connectivity index is 3.45. The molecule has 0 heterocycles. The highest BCUT2D eigenvalue weighted by molar-refractivity contribution is 5.76. The molecule has 0 radical (unpaired) electrons. The van der Waals surface area contributed by atoms with Gasteiger partial charge < -0.3 is 20.3 Å². The van der Waals surface area contributed by atoms with Crippen molar-refractivity contribution in [3.8, 4) is 0 Å². The van der Waals surface area contributed by atoms with Crippen molar-refractivity contribution in [3.63, 3.8) is 0 Å². The molecule has 0 saturated heterocycles. The number of ether oxygens (including phenoxy) is 1. The molecular weight excluding hydrogens is 983 g/mol. The molecule has 0 fully saturated rings. The van der Waals surface area contributed by atoms with Gasteiger partial charge in [-0.25, -0.2) is 0 Å². The number of allylic oxidation sites excluding steroid dienone is 7. The van der Waals surface area contributed by atoms with Crippen LogP contribution in [-0.4, -0.2) is 47.4 Å². The third-order valence-electron chi connectivity index (χ3n) is 16.6. The van der Waals surface area contributed by atoms with Crippen LogP contribution >= 0.6 is 0 Å². The molecule has 0 aliphatic carbocycles. The van der Waals surface area contributed by atoms with Crippen LogP contribution in [0, 0.1) is 0 Å². The van der Waals surface area contributed by atoms with E-state index >= 15 is 0 Å². The average molecular weight is 1120 g/mol. The number of aliphatic hydroxyl groups is 2. The van der Waals surface area contributed by atoms with Gasteiger partial charge in [0.25, 0.3) is 0 Å². The summed E-state index contributed by atoms with van der Waals surface area (Å²) < 4.78 is 5.46. The maximum absolute atomic E-state index is 12.5. The second kappa shape index (κ2) is 69.3. The number of hydrogen-bond acceptors (Lipinski definition) is 5. The number of unbranched alkanes of at least 4 members (excludes halogenated alkanes) is 50. The van der Waals surface area contributed by atoms with Gasteiger partial charge in [-0.2, -0.15) is 0 Å². The van der Waals surface area contributed by atoms with Crippen LogP contribution in [-0.2, 0) is 14.3 Å². The van der Waals surface area contributed by atoms with Crippen molar-refractivity contribution in [2.75, 3.05) is 13.2 Å². The Hall–Kier alpha value is -2.18. The molecule has 0 rings (SSSR count). The van der Waals surface area contributed by atoms with E-state index in [1.807, 2.05) is 6.08 Å². The van der Waals surface area contributed by atoms with Crippen molar-refractivity contribution in [3.05, 3.63) is 48.6 Å². The molecule has 80 heavy (non-hydrogen) atoms. The molecule has 470 valence electrons. The van der Waals surface area contributed by atoms with Crippen LogP contribution in [0.4, 0.5) is 0 Å². The largest absolute Gasteiger partial charge is 0.466 e. The van der Waals surface area contributed by atoms with Crippen molar-refractivity contribution in [2.45, 2.75) is 398 Å². The first-order valence-corrected chi connectivity index (χ1v) is 35.9. The Kier molecular flexibility index (Phi) is 67.4. The standard InChI is InChI=1S/C74H139NO5/c1-3-5-7-9-11-13-15-16-17-18-19-20-21-25-28-31-34-37-40-43-47-50-54-58-62-66-72(77)71(70-76)75-73(78)67-63-59-55-51-48-44-41-38-35-32-29-26-23-22-24-27-30-33-36-39-42-45-49-53-57-61-65-69-80-74(79)68-64-60-56-52-46-14-12-10-8-6-4-2/h10,12,22-23,27,30,62,66,71-72,76-77H,3-9,11,13-21,24-26,28-29,31-61,63-65,67-70H2,1-2H3,(H,75,78)/b12-10-,23-22-,30-27-,66-62+. The van der Waals surface area contributed by atoms with E-state index in [2.05, 4.69) is 55.6 Å². The summed E-state index contributed by atoms with van der Waals surface area (Å²) in [7, 11) is 0. The van der Waals surface area contributed by atoms with Crippen molar-refractivity contribution in [1.29, 1.82) is 0 Å². The summed E-state index contributed by atoms with van der Waals surface area (Å²) >= 11 is 0. The van der Waals surface area contributed by atoms with E-state index in [9.17, 15) is 19.8 Å². The van der Waals surface area contributed by atoms with Crippen LogP contribution in [0.2, 0.25) is 0 Å². The van der Waals surface area contributed by atoms with Crippen LogP contribution in [0.3, 0.4) is 0 Å². The predicted octanol–water partition coefficient (Wildman–Crippen LogP) is 23.3. The van der Waals surface area contributed by atoms with E-state index < -0.39 is 12.1 Å². The zero-order valence-electron chi connectivity index (χ0n) is 53.8. The van der Waals surface area contributed by atoms with Crippen LogP contribution in [0.5, 0.6) is 0 Å². The number of nitrogens with one attached hydrogen (secondary N) is 1. The van der Waals surface area contributed by atoms with E-state index in [1.54, 1.807) is 6.08 Å². The van der Waals surface area contributed by atoms with Crippen molar-refractivity contribution in [1.82, 2.24) is 5.32 Å². The number of amides is 1. The van der Waals surface area contributed by atoms with Gasteiger partial charge in [-0.3, -0.25) is 9.59 Å². The molecule has 0 aliphatic heterocycles. The summed E-state index contributed by atoms with van der Waals surface area (Å²) in [6.45, 7) is 4.89. The van der Waals surface area contributed by atoms with Gasteiger partial charge in [0, 0.05) is 12.8 Å². The first kappa shape index (κ1) is 77.8. The fraction of sp³-hybridized carbons (Fsp3) is 0.865. The second-order valence-electron chi connectivity index (χ2n) is 24.6. The van der Waals surface area contributed by atoms with Crippen LogP contribution < -0.4 is 5.32 Å². The molecule has 6 nitrogen and oxygen atoms in total. The summed E-state index contributed by atoms with van der Waals surface area (Å²) in [4.78, 5) is 24.5. The smallest absolute Gasteiger partial charge is 0.305 e. The summed E-state index contributed by atoms with van der Waals surface area (Å²) in [6, 6.07) is -0.633. The summed E-state index contributed by atoms with van der Waals surface area (Å²) in [5.74, 6) is -0.0682. The normalized spacial score (nSPS) is 12.8. The number of carbonyl (C=O) groups excluding carboxylic acids is 2. The van der Waals surface area contributed by atoms with E-state index in [0.717, 1.165) is 51.4 Å². The highest BCUT2D eigenvalue weighted by Gasteiger charge is 2.18. The highest BCUT2D eigenvalue weighted by Crippen LogP contribution is 2.18. The van der Waals surface area contributed by atoms with Gasteiger partial charge in [0.2, 0.25) is 5.91 Å². The molecule has 0 aromatic heterocycles. The molecule has 2 unspecified atom stereocenters. The quantitative estimate of drug-likeness (QED) is 0.0320. The lowest BCUT2D eigenvalue weighted by molar-refractivity contribution is -0.143. The van der Waals surface area contributed by atoms with Crippen molar-refractivity contribution in [2.24, 2.45) is 0 Å². The van der Waals surface area contributed by atoms with Crippen LogP contribution in [0.15, 0.2) is 48.6 Å². The maximum atomic E-state index is 12.5. The zero-order valence-corrected chi connectivity index (χ0v) is 53.8. The molecule has 2 atom stereocenters. The molecule has 0 aromatic rings. The van der Waals surface area contributed by atoms with Gasteiger partial charge in [-0.05, 0) is 83.5 Å². The Labute approximate surface area is 499 Å². The third kappa shape index (κ3) is 65.0. The number of esters is 1. The minimum atomic E-state index is -0.849. The zero-order chi connectivity index (χ0) is 57.8. The minimum Gasteiger partial charge on any atom is -0.466 e. The Morgan fingerprint density at radius 1 is 0.350 bits per heavy atom. The molecule has 6 heteroatoms. The van der Waals surface area contributed by atoms with E-state index in [-0.39, 0.29) is 18.5 Å². The molecule has 0 aliphatic rings. The Morgan fingerprint density at radius 3 is 1.00 bits per heavy atom. The molecule has 1 amide bonds. The van der Waals surface area contributed by atoms with Crippen molar-refractivity contribution < 1.29 is 24.5 Å². The number of carbonyl (C=O) groups is 2. The molecule has 0 saturated carbocycles. The van der Waals surface area contributed by atoms with E-state index in [4.69, 9.17) is 4.74 Å². The van der Waals surface area contributed by atoms with Gasteiger partial charge in [-0.15, -0.1) is 0 Å². The molecule has 0 bridgehead atoms. The minimum absolute atomic E-state index is 0.000746. The Bertz CT molecular complexity index is 1340. The summed E-state index contributed by atoms with van der Waals surface area (Å²) in [5, 5.41) is 23.3. The second-order valence-corrected chi connectivity index (χ2v) is 24.6. The summed E-state index contributed by atoms with van der Waals surface area (Å²) in [6.07, 6.45) is 90.5. The maximum Gasteiger partial charge on any atom is 0.305 e. The lowest BCUT2D eigenvalue weighted by atomic mass is 10.0. The first-order valence-electron chi connectivity index (χ1n) is 35.9. The fourth-order valence-corrected chi connectivity index (χ4v) is 11.1. The third-order valence-corrected chi connectivity index (χ3v) is 16.6. The van der Waals surface area contributed by atoms with Crippen LogP contribution in [0.25, 0.3) is 0 Å². The number of rotatable bonds is 67. The Morgan fingerprint density at radius 2 is 0.637 bits per heavy atom. The highest BCUT2D eigenvalue weighted by atomic mass is 16.5. The molecule has 0 spiro atoms. The lowest BCUT2D eigenvalue weighted by Crippen LogP contribution is -2.45.